The molecule has 1 heterocycles. The number of carboxylic acids is 1. The second-order valence-electron chi connectivity index (χ2n) is 6.25. The van der Waals surface area contributed by atoms with Crippen molar-refractivity contribution in [3.63, 3.8) is 0 Å². The molecule has 2 aromatic carbocycles. The molecular formula is C21H20O2S. The van der Waals surface area contributed by atoms with Gasteiger partial charge in [-0.3, -0.25) is 0 Å². The van der Waals surface area contributed by atoms with Crippen molar-refractivity contribution in [2.75, 3.05) is 0 Å². The van der Waals surface area contributed by atoms with Crippen LogP contribution in [0.4, 0.5) is 0 Å². The van der Waals surface area contributed by atoms with E-state index >= 15 is 0 Å². The molecule has 1 aromatic heterocycles. The summed E-state index contributed by atoms with van der Waals surface area (Å²) in [5.74, 6) is -0.864. The fraction of sp³-hybridized carbons (Fsp3) is 0.190. The molecule has 0 aliphatic rings. The average molecular weight is 336 g/mol. The molecular weight excluding hydrogens is 316 g/mol. The molecule has 1 N–H and O–H groups in total. The van der Waals surface area contributed by atoms with Gasteiger partial charge in [-0.05, 0) is 78.1 Å². The van der Waals surface area contributed by atoms with Gasteiger partial charge in [0.25, 0.3) is 0 Å². The van der Waals surface area contributed by atoms with E-state index in [2.05, 4.69) is 43.5 Å². The predicted molar refractivity (Wildman–Crippen MR) is 101 cm³/mol. The van der Waals surface area contributed by atoms with Gasteiger partial charge in [-0.25, -0.2) is 4.79 Å². The van der Waals surface area contributed by atoms with E-state index in [-0.39, 0.29) is 0 Å². The molecule has 0 unspecified atom stereocenters. The Hall–Kier alpha value is -2.39. The van der Waals surface area contributed by atoms with Gasteiger partial charge >= 0.3 is 5.97 Å². The van der Waals surface area contributed by atoms with Gasteiger partial charge in [0.1, 0.15) is 0 Å². The number of aryl methyl sites for hydroxylation is 4. The number of thiophene rings is 1. The summed E-state index contributed by atoms with van der Waals surface area (Å²) in [6.45, 7) is 7.99. The van der Waals surface area contributed by atoms with Crippen molar-refractivity contribution in [2.45, 2.75) is 27.7 Å². The molecule has 122 valence electrons. The van der Waals surface area contributed by atoms with Gasteiger partial charge in [-0.15, -0.1) is 11.3 Å². The zero-order valence-corrected chi connectivity index (χ0v) is 15.1. The minimum absolute atomic E-state index is 0.405. The van der Waals surface area contributed by atoms with Crippen LogP contribution in [0.25, 0.3) is 21.6 Å². The standard InChI is InChI=1S/C21H20O2S/c1-12-8-16(9-13(2)19(12)18-6-5-7-24-18)17-10-14(3)20(21(22)23)15(4)11-17/h5-11H,1-4H3,(H,22,23). The summed E-state index contributed by atoms with van der Waals surface area (Å²) in [5, 5.41) is 11.4. The summed E-state index contributed by atoms with van der Waals surface area (Å²) in [4.78, 5) is 12.7. The fourth-order valence-electron chi connectivity index (χ4n) is 3.41. The third-order valence-corrected chi connectivity index (χ3v) is 5.27. The minimum Gasteiger partial charge on any atom is -0.478 e. The van der Waals surface area contributed by atoms with Crippen LogP contribution in [0.3, 0.4) is 0 Å². The molecule has 0 atom stereocenters. The van der Waals surface area contributed by atoms with Crippen LogP contribution in [-0.4, -0.2) is 11.1 Å². The number of benzene rings is 2. The van der Waals surface area contributed by atoms with E-state index in [9.17, 15) is 9.90 Å². The van der Waals surface area contributed by atoms with Crippen LogP contribution in [0.5, 0.6) is 0 Å². The Labute approximate surface area is 146 Å². The van der Waals surface area contributed by atoms with Crippen LogP contribution in [0, 0.1) is 27.7 Å². The van der Waals surface area contributed by atoms with Gasteiger partial charge in [-0.1, -0.05) is 30.3 Å². The average Bonchev–Trinajstić information content (AvgIpc) is 2.99. The van der Waals surface area contributed by atoms with Crippen molar-refractivity contribution in [2.24, 2.45) is 0 Å². The Morgan fingerprint density at radius 2 is 1.38 bits per heavy atom. The highest BCUT2D eigenvalue weighted by Crippen LogP contribution is 2.35. The lowest BCUT2D eigenvalue weighted by Crippen LogP contribution is -2.03. The first-order valence-corrected chi connectivity index (χ1v) is 8.76. The Morgan fingerprint density at radius 3 is 1.79 bits per heavy atom. The van der Waals surface area contributed by atoms with Crippen molar-refractivity contribution in [1.82, 2.24) is 0 Å². The lowest BCUT2D eigenvalue weighted by atomic mass is 9.91. The van der Waals surface area contributed by atoms with Crippen molar-refractivity contribution >= 4 is 17.3 Å². The van der Waals surface area contributed by atoms with Gasteiger partial charge < -0.3 is 5.11 Å². The van der Waals surface area contributed by atoms with Gasteiger partial charge in [0.05, 0.1) is 5.56 Å². The Morgan fingerprint density at radius 1 is 0.875 bits per heavy atom. The molecule has 0 radical (unpaired) electrons. The number of aromatic carboxylic acids is 1. The van der Waals surface area contributed by atoms with E-state index in [1.54, 1.807) is 11.3 Å². The van der Waals surface area contributed by atoms with E-state index in [0.717, 1.165) is 22.3 Å². The summed E-state index contributed by atoms with van der Waals surface area (Å²) >= 11 is 1.75. The number of carbonyl (C=O) groups is 1. The van der Waals surface area contributed by atoms with Gasteiger partial charge in [0, 0.05) is 4.88 Å². The normalized spacial score (nSPS) is 10.8. The molecule has 2 nitrogen and oxygen atoms in total. The van der Waals surface area contributed by atoms with Crippen molar-refractivity contribution in [3.8, 4) is 21.6 Å². The summed E-state index contributed by atoms with van der Waals surface area (Å²) in [7, 11) is 0. The van der Waals surface area contributed by atoms with Crippen LogP contribution in [0.15, 0.2) is 41.8 Å². The highest BCUT2D eigenvalue weighted by atomic mass is 32.1. The molecule has 0 amide bonds. The maximum absolute atomic E-state index is 11.4. The van der Waals surface area contributed by atoms with E-state index in [4.69, 9.17) is 0 Å². The lowest BCUT2D eigenvalue weighted by Gasteiger charge is -2.14. The Bertz CT molecular complexity index is 875. The van der Waals surface area contributed by atoms with Gasteiger partial charge in [-0.2, -0.15) is 0 Å². The molecule has 0 aliphatic heterocycles. The molecule has 0 saturated carbocycles. The Kier molecular flexibility index (Phi) is 4.29. The third-order valence-electron chi connectivity index (χ3n) is 4.38. The van der Waals surface area contributed by atoms with Crippen LogP contribution in [-0.2, 0) is 0 Å². The van der Waals surface area contributed by atoms with E-state index in [1.807, 2.05) is 26.0 Å². The highest BCUT2D eigenvalue weighted by Gasteiger charge is 2.14. The minimum atomic E-state index is -0.864. The maximum atomic E-state index is 11.4. The smallest absolute Gasteiger partial charge is 0.336 e. The van der Waals surface area contributed by atoms with Crippen molar-refractivity contribution < 1.29 is 9.90 Å². The van der Waals surface area contributed by atoms with Gasteiger partial charge in [0.2, 0.25) is 0 Å². The largest absolute Gasteiger partial charge is 0.478 e. The zero-order chi connectivity index (χ0) is 17.4. The molecule has 3 rings (SSSR count). The lowest BCUT2D eigenvalue weighted by molar-refractivity contribution is 0.0695. The van der Waals surface area contributed by atoms with Crippen molar-refractivity contribution in [3.05, 3.63) is 69.6 Å². The quantitative estimate of drug-likeness (QED) is 0.635. The summed E-state index contributed by atoms with van der Waals surface area (Å²) in [6.07, 6.45) is 0. The van der Waals surface area contributed by atoms with Gasteiger partial charge in [0.15, 0.2) is 0 Å². The zero-order valence-electron chi connectivity index (χ0n) is 14.3. The molecule has 24 heavy (non-hydrogen) atoms. The molecule has 0 fully saturated rings. The first-order valence-electron chi connectivity index (χ1n) is 7.88. The van der Waals surface area contributed by atoms with Crippen LogP contribution < -0.4 is 0 Å². The first-order chi connectivity index (χ1) is 11.4. The Balaban J connectivity index is 2.13. The van der Waals surface area contributed by atoms with E-state index in [1.165, 1.54) is 21.6 Å². The van der Waals surface area contributed by atoms with Crippen molar-refractivity contribution in [1.29, 1.82) is 0 Å². The summed E-state index contributed by atoms with van der Waals surface area (Å²) in [5.41, 5.74) is 7.99. The second kappa shape index (κ2) is 6.25. The summed E-state index contributed by atoms with van der Waals surface area (Å²) < 4.78 is 0. The van der Waals surface area contributed by atoms with E-state index < -0.39 is 5.97 Å². The number of hydrogen-bond acceptors (Lipinski definition) is 2. The predicted octanol–water partition coefficient (Wildman–Crippen LogP) is 6.01. The molecule has 0 aliphatic carbocycles. The molecule has 3 aromatic rings. The fourth-order valence-corrected chi connectivity index (χ4v) is 4.31. The van der Waals surface area contributed by atoms with Crippen LogP contribution in [0.2, 0.25) is 0 Å². The third kappa shape index (κ3) is 2.87. The number of hydrogen-bond donors (Lipinski definition) is 1. The molecule has 3 heteroatoms. The highest BCUT2D eigenvalue weighted by molar-refractivity contribution is 7.13. The molecule has 0 saturated heterocycles. The maximum Gasteiger partial charge on any atom is 0.336 e. The number of rotatable bonds is 3. The number of carboxylic acid groups (broad SMARTS) is 1. The SMILES string of the molecule is Cc1cc(-c2cc(C)c(-c3cccs3)c(C)c2)cc(C)c1C(=O)O. The second-order valence-corrected chi connectivity index (χ2v) is 7.20. The molecule has 0 bridgehead atoms. The summed E-state index contributed by atoms with van der Waals surface area (Å²) in [6, 6.07) is 12.5. The first kappa shape index (κ1) is 16.5. The van der Waals surface area contributed by atoms with E-state index in [0.29, 0.717) is 5.56 Å². The van der Waals surface area contributed by atoms with Crippen LogP contribution in [0.1, 0.15) is 32.6 Å². The van der Waals surface area contributed by atoms with Crippen LogP contribution >= 0.6 is 11.3 Å². The monoisotopic (exact) mass is 336 g/mol. The molecule has 0 spiro atoms. The topological polar surface area (TPSA) is 37.3 Å².